The SMILES string of the molecule is COC1(c2cc(-c3cn([C@@H](C)C(C)C)c(=O)c4c(N)n[nH]c34)nn2C)CN(S(=O)(=O)C(C)C)C1. The number of ether oxygens (including phenoxy) is 1. The van der Waals surface area contributed by atoms with Gasteiger partial charge in [0, 0.05) is 45.0 Å². The first-order valence-electron chi connectivity index (χ1n) is 11.3. The van der Waals surface area contributed by atoms with Crippen molar-refractivity contribution >= 4 is 26.7 Å². The van der Waals surface area contributed by atoms with Crippen molar-refractivity contribution in [1.29, 1.82) is 0 Å². The number of aryl methyl sites for hydroxylation is 1. The molecule has 4 heterocycles. The number of sulfonamides is 1. The topological polar surface area (TPSA) is 141 Å². The lowest BCUT2D eigenvalue weighted by Crippen LogP contribution is -2.63. The summed E-state index contributed by atoms with van der Waals surface area (Å²) in [4.78, 5) is 13.2. The van der Waals surface area contributed by atoms with Gasteiger partial charge in [0.15, 0.2) is 5.82 Å². The van der Waals surface area contributed by atoms with Crippen LogP contribution in [-0.4, -0.2) is 62.7 Å². The van der Waals surface area contributed by atoms with Crippen molar-refractivity contribution in [2.24, 2.45) is 13.0 Å². The first-order valence-corrected chi connectivity index (χ1v) is 12.8. The molecule has 0 radical (unpaired) electrons. The van der Waals surface area contributed by atoms with Gasteiger partial charge in [-0.05, 0) is 32.8 Å². The summed E-state index contributed by atoms with van der Waals surface area (Å²) in [6.07, 6.45) is 1.79. The zero-order valence-corrected chi connectivity index (χ0v) is 21.5. The van der Waals surface area contributed by atoms with E-state index in [0.29, 0.717) is 22.2 Å². The van der Waals surface area contributed by atoms with E-state index in [9.17, 15) is 13.2 Å². The number of anilines is 1. The predicted octanol–water partition coefficient (Wildman–Crippen LogP) is 1.82. The van der Waals surface area contributed by atoms with E-state index < -0.39 is 20.9 Å². The number of hydrogen-bond acceptors (Lipinski definition) is 7. The molecule has 3 N–H and O–H groups in total. The van der Waals surface area contributed by atoms with E-state index in [-0.39, 0.29) is 36.4 Å². The van der Waals surface area contributed by atoms with Crippen LogP contribution >= 0.6 is 0 Å². The van der Waals surface area contributed by atoms with Crippen molar-refractivity contribution in [3.8, 4) is 11.3 Å². The number of nitrogen functional groups attached to an aromatic ring is 1. The third-order valence-corrected chi connectivity index (χ3v) is 9.19. The van der Waals surface area contributed by atoms with Gasteiger partial charge in [-0.2, -0.15) is 14.5 Å². The van der Waals surface area contributed by atoms with Gasteiger partial charge in [-0.15, -0.1) is 0 Å². The number of nitrogens with one attached hydrogen (secondary N) is 1. The summed E-state index contributed by atoms with van der Waals surface area (Å²) in [6, 6.07) is 1.81. The van der Waals surface area contributed by atoms with Crippen LogP contribution in [0.2, 0.25) is 0 Å². The number of methoxy groups -OCH3 is 1. The van der Waals surface area contributed by atoms with Gasteiger partial charge in [0.25, 0.3) is 5.56 Å². The number of rotatable bonds is 7. The van der Waals surface area contributed by atoms with Crippen LogP contribution in [0.4, 0.5) is 5.82 Å². The monoisotopic (exact) mass is 491 g/mol. The Morgan fingerprint density at radius 2 is 1.85 bits per heavy atom. The molecule has 0 unspecified atom stereocenters. The number of aromatic nitrogens is 5. The predicted molar refractivity (Wildman–Crippen MR) is 131 cm³/mol. The van der Waals surface area contributed by atoms with Gasteiger partial charge < -0.3 is 15.0 Å². The number of nitrogens with zero attached hydrogens (tertiary/aromatic N) is 5. The van der Waals surface area contributed by atoms with Crippen LogP contribution in [-0.2, 0) is 27.4 Å². The third kappa shape index (κ3) is 3.55. The molecular weight excluding hydrogens is 458 g/mol. The lowest BCUT2D eigenvalue weighted by molar-refractivity contribution is -0.103. The molecule has 3 aromatic rings. The average molecular weight is 492 g/mol. The highest BCUT2D eigenvalue weighted by Crippen LogP contribution is 2.40. The summed E-state index contributed by atoms with van der Waals surface area (Å²) in [5.74, 6) is 0.362. The molecule has 34 heavy (non-hydrogen) atoms. The molecule has 0 aliphatic carbocycles. The van der Waals surface area contributed by atoms with Crippen molar-refractivity contribution in [2.45, 2.75) is 51.5 Å². The molecular formula is C22H33N7O4S. The van der Waals surface area contributed by atoms with Crippen molar-refractivity contribution in [3.63, 3.8) is 0 Å². The summed E-state index contributed by atoms with van der Waals surface area (Å²) in [6.45, 7) is 9.83. The summed E-state index contributed by atoms with van der Waals surface area (Å²) < 4.78 is 35.8. The van der Waals surface area contributed by atoms with E-state index in [4.69, 9.17) is 15.6 Å². The standard InChI is InChI=1S/C22H33N7O4S/c1-12(2)14(5)29-9-15(19-18(21(29)30)20(23)25-24-19)16-8-17(27(6)26-16)22(33-7)10-28(11-22)34(31,32)13(3)4/h8-9,12-14H,10-11H2,1-7H3,(H3,23,24,25)/t14-/m0/s1. The lowest BCUT2D eigenvalue weighted by Gasteiger charge is -2.48. The molecule has 4 rings (SSSR count). The molecule has 0 bridgehead atoms. The Morgan fingerprint density at radius 1 is 1.21 bits per heavy atom. The lowest BCUT2D eigenvalue weighted by atomic mass is 9.91. The maximum Gasteiger partial charge on any atom is 0.264 e. The second-order valence-electron chi connectivity index (χ2n) is 9.70. The number of pyridine rings is 1. The van der Waals surface area contributed by atoms with Crippen LogP contribution in [0.3, 0.4) is 0 Å². The summed E-state index contributed by atoms with van der Waals surface area (Å²) in [7, 11) is -0.0134. The molecule has 11 nitrogen and oxygen atoms in total. The molecule has 1 saturated heterocycles. The number of aromatic amines is 1. The number of fused-ring (bicyclic) bond motifs is 1. The van der Waals surface area contributed by atoms with Gasteiger partial charge >= 0.3 is 0 Å². The van der Waals surface area contributed by atoms with Gasteiger partial charge in [-0.25, -0.2) is 8.42 Å². The highest BCUT2D eigenvalue weighted by Gasteiger charge is 2.52. The molecule has 0 spiro atoms. The highest BCUT2D eigenvalue weighted by molar-refractivity contribution is 7.89. The zero-order valence-electron chi connectivity index (χ0n) is 20.7. The minimum absolute atomic E-state index is 0.0696. The quantitative estimate of drug-likeness (QED) is 0.513. The normalized spacial score (nSPS) is 17.6. The molecule has 1 aliphatic heterocycles. The minimum Gasteiger partial charge on any atom is -0.382 e. The van der Waals surface area contributed by atoms with E-state index in [1.165, 1.54) is 4.31 Å². The Morgan fingerprint density at radius 3 is 2.41 bits per heavy atom. The van der Waals surface area contributed by atoms with Gasteiger partial charge in [-0.3, -0.25) is 14.6 Å². The average Bonchev–Trinajstić information content (AvgIpc) is 3.31. The van der Waals surface area contributed by atoms with Crippen molar-refractivity contribution in [1.82, 2.24) is 28.9 Å². The first kappa shape index (κ1) is 24.4. The molecule has 1 atom stereocenters. The number of H-pyrrole nitrogens is 1. The van der Waals surface area contributed by atoms with Crippen molar-refractivity contribution < 1.29 is 13.2 Å². The Kier molecular flexibility index (Phi) is 5.90. The van der Waals surface area contributed by atoms with Crippen LogP contribution in [0.15, 0.2) is 17.1 Å². The van der Waals surface area contributed by atoms with Crippen LogP contribution in [0, 0.1) is 5.92 Å². The second-order valence-corrected chi connectivity index (χ2v) is 12.2. The fourth-order valence-corrected chi connectivity index (χ4v) is 5.77. The fraction of sp³-hybridized carbons (Fsp3) is 0.591. The molecule has 0 amide bonds. The number of hydrogen-bond donors (Lipinski definition) is 2. The molecule has 3 aromatic heterocycles. The van der Waals surface area contributed by atoms with Crippen molar-refractivity contribution in [3.05, 3.63) is 28.3 Å². The Bertz CT molecular complexity index is 1390. The fourth-order valence-electron chi connectivity index (χ4n) is 4.40. The Labute approximate surface area is 198 Å². The van der Waals surface area contributed by atoms with Crippen LogP contribution in [0.1, 0.15) is 46.4 Å². The minimum atomic E-state index is -3.38. The van der Waals surface area contributed by atoms with E-state index in [1.54, 1.807) is 43.5 Å². The van der Waals surface area contributed by atoms with Crippen LogP contribution < -0.4 is 11.3 Å². The third-order valence-electron chi connectivity index (χ3n) is 7.02. The highest BCUT2D eigenvalue weighted by atomic mass is 32.2. The molecule has 1 aliphatic rings. The van der Waals surface area contributed by atoms with Gasteiger partial charge in [-0.1, -0.05) is 13.8 Å². The summed E-state index contributed by atoms with van der Waals surface area (Å²) in [5.41, 5.74) is 7.58. The maximum absolute atomic E-state index is 13.2. The maximum atomic E-state index is 13.2. The van der Waals surface area contributed by atoms with Gasteiger partial charge in [0.05, 0.1) is 22.2 Å². The zero-order chi connectivity index (χ0) is 25.2. The molecule has 0 saturated carbocycles. The van der Waals surface area contributed by atoms with Gasteiger partial charge in [0.2, 0.25) is 10.0 Å². The van der Waals surface area contributed by atoms with Gasteiger partial charge in [0.1, 0.15) is 11.0 Å². The summed E-state index contributed by atoms with van der Waals surface area (Å²) >= 11 is 0. The van der Waals surface area contributed by atoms with Crippen LogP contribution in [0.5, 0.6) is 0 Å². The van der Waals surface area contributed by atoms with E-state index in [1.807, 2.05) is 13.0 Å². The van der Waals surface area contributed by atoms with E-state index in [0.717, 1.165) is 5.69 Å². The largest absolute Gasteiger partial charge is 0.382 e. The molecule has 186 valence electrons. The van der Waals surface area contributed by atoms with E-state index >= 15 is 0 Å². The number of nitrogens with two attached hydrogens (primary N) is 1. The Balaban J connectivity index is 1.82. The second kappa shape index (κ2) is 8.21. The van der Waals surface area contributed by atoms with Crippen molar-refractivity contribution in [2.75, 3.05) is 25.9 Å². The molecule has 1 fully saturated rings. The Hall–Kier alpha value is -2.70. The van der Waals surface area contributed by atoms with E-state index in [2.05, 4.69) is 24.0 Å². The molecule has 0 aromatic carbocycles. The smallest absolute Gasteiger partial charge is 0.264 e. The first-order chi connectivity index (χ1) is 15.8. The summed E-state index contributed by atoms with van der Waals surface area (Å²) in [5, 5.41) is 11.5. The van der Waals surface area contributed by atoms with Crippen LogP contribution in [0.25, 0.3) is 22.2 Å². The molecule has 12 heteroatoms.